The molecule has 0 atom stereocenters. The molecule has 0 saturated heterocycles. The molecule has 0 fully saturated rings. The largest absolute Gasteiger partial charge is 0.491 e. The number of anilines is 1. The summed E-state index contributed by atoms with van der Waals surface area (Å²) in [6.45, 7) is 3.27. The highest BCUT2D eigenvalue weighted by molar-refractivity contribution is 6.32. The van der Waals surface area contributed by atoms with Gasteiger partial charge in [0.15, 0.2) is 11.5 Å². The molecule has 0 unspecified atom stereocenters. The summed E-state index contributed by atoms with van der Waals surface area (Å²) in [4.78, 5) is 35.5. The molecule has 5 rings (SSSR count). The number of hydrogen-bond donors (Lipinski definition) is 1. The average Bonchev–Trinajstić information content (AvgIpc) is 2.97. The number of pyridine rings is 3. The molecule has 0 saturated carbocycles. The zero-order chi connectivity index (χ0) is 29.3. The van der Waals surface area contributed by atoms with Crippen molar-refractivity contribution in [2.45, 2.75) is 13.8 Å². The van der Waals surface area contributed by atoms with Crippen LogP contribution in [-0.2, 0) is 0 Å². The highest BCUT2D eigenvalue weighted by Crippen LogP contribution is 2.34. The third-order valence-electron chi connectivity index (χ3n) is 6.45. The molecule has 0 aliphatic carbocycles. The predicted molar refractivity (Wildman–Crippen MR) is 154 cm³/mol. The maximum Gasteiger partial charge on any atom is 0.268 e. The van der Waals surface area contributed by atoms with Crippen molar-refractivity contribution in [3.8, 4) is 28.8 Å². The van der Waals surface area contributed by atoms with Gasteiger partial charge in [0.25, 0.3) is 17.3 Å². The molecule has 208 valence electrons. The molecule has 0 spiro atoms. The molecule has 0 bridgehead atoms. The lowest BCUT2D eigenvalue weighted by molar-refractivity contribution is 0.102. The fourth-order valence-electron chi connectivity index (χ4n) is 4.39. The van der Waals surface area contributed by atoms with Gasteiger partial charge in [0.1, 0.15) is 22.6 Å². The van der Waals surface area contributed by atoms with Gasteiger partial charge in [-0.15, -0.1) is 0 Å². The molecule has 41 heavy (non-hydrogen) atoms. The quantitative estimate of drug-likeness (QED) is 0.245. The monoisotopic (exact) mass is 574 g/mol. The average molecular weight is 575 g/mol. The zero-order valence-corrected chi connectivity index (χ0v) is 23.2. The maximum absolute atomic E-state index is 13.5. The van der Waals surface area contributed by atoms with Crippen LogP contribution in [0.3, 0.4) is 0 Å². The Morgan fingerprint density at radius 2 is 1.68 bits per heavy atom. The third-order valence-corrected chi connectivity index (χ3v) is 7.00. The Kier molecular flexibility index (Phi) is 7.58. The molecular weight excluding hydrogens is 551 g/mol. The first kappa shape index (κ1) is 27.6. The first-order valence-corrected chi connectivity index (χ1v) is 12.7. The van der Waals surface area contributed by atoms with Crippen molar-refractivity contribution in [1.29, 1.82) is 0 Å². The van der Waals surface area contributed by atoms with E-state index in [1.165, 1.54) is 43.1 Å². The fraction of sp³-hybridized carbons (Fsp3) is 0.133. The van der Waals surface area contributed by atoms with Crippen LogP contribution in [0.1, 0.15) is 21.6 Å². The van der Waals surface area contributed by atoms with Gasteiger partial charge in [-0.3, -0.25) is 19.1 Å². The highest BCUT2D eigenvalue weighted by Gasteiger charge is 2.22. The Balaban J connectivity index is 1.41. The van der Waals surface area contributed by atoms with E-state index >= 15 is 0 Å². The molecule has 1 amide bonds. The number of fused-ring (bicyclic) bond motifs is 1. The smallest absolute Gasteiger partial charge is 0.268 e. The van der Waals surface area contributed by atoms with E-state index in [-0.39, 0.29) is 10.6 Å². The van der Waals surface area contributed by atoms with Gasteiger partial charge in [-0.25, -0.2) is 9.37 Å². The number of carbonyl (C=O) groups excluding carboxylic acids is 1. The number of amides is 1. The van der Waals surface area contributed by atoms with Crippen molar-refractivity contribution >= 4 is 34.2 Å². The number of nitrogens with zero attached hydrogens (tertiary/aromatic N) is 3. The SMILES string of the molecule is COc1cc2nccc(Oc3ccc(NC(=O)c4c(C)c(Cl)c(C)n(-c5ccc(F)cc5)c4=O)cc3)c2nc1OC. The number of aromatic nitrogens is 3. The number of ether oxygens (including phenoxy) is 3. The summed E-state index contributed by atoms with van der Waals surface area (Å²) in [6.07, 6.45) is 1.59. The fourth-order valence-corrected chi connectivity index (χ4v) is 4.57. The van der Waals surface area contributed by atoms with Gasteiger partial charge in [-0.05, 0) is 67.9 Å². The van der Waals surface area contributed by atoms with Gasteiger partial charge in [-0.1, -0.05) is 11.6 Å². The van der Waals surface area contributed by atoms with Crippen LogP contribution in [0.2, 0.25) is 5.02 Å². The minimum atomic E-state index is -0.635. The number of halogens is 2. The number of carbonyl (C=O) groups is 1. The molecule has 1 N–H and O–H groups in total. The Hall–Kier alpha value is -4.96. The molecule has 2 aromatic carbocycles. The van der Waals surface area contributed by atoms with E-state index in [0.29, 0.717) is 56.8 Å². The van der Waals surface area contributed by atoms with E-state index in [0.717, 1.165) is 0 Å². The lowest BCUT2D eigenvalue weighted by Crippen LogP contribution is -2.31. The summed E-state index contributed by atoms with van der Waals surface area (Å²) < 4.78 is 31.4. The number of nitrogens with one attached hydrogen (secondary N) is 1. The van der Waals surface area contributed by atoms with Crippen LogP contribution >= 0.6 is 11.6 Å². The Bertz CT molecular complexity index is 1840. The van der Waals surface area contributed by atoms with Gasteiger partial charge < -0.3 is 19.5 Å². The minimum absolute atomic E-state index is 0.121. The van der Waals surface area contributed by atoms with Crippen molar-refractivity contribution in [3.05, 3.63) is 105 Å². The number of benzene rings is 2. The van der Waals surface area contributed by atoms with Crippen LogP contribution in [0.25, 0.3) is 16.7 Å². The summed E-state index contributed by atoms with van der Waals surface area (Å²) in [5.74, 6) is 0.570. The molecule has 5 aromatic rings. The molecule has 0 aliphatic rings. The molecule has 0 radical (unpaired) electrons. The van der Waals surface area contributed by atoms with E-state index in [1.54, 1.807) is 56.4 Å². The van der Waals surface area contributed by atoms with E-state index in [2.05, 4.69) is 15.3 Å². The van der Waals surface area contributed by atoms with Gasteiger partial charge >= 0.3 is 0 Å². The van der Waals surface area contributed by atoms with E-state index in [1.807, 2.05) is 0 Å². The van der Waals surface area contributed by atoms with Gasteiger partial charge in [0.2, 0.25) is 0 Å². The molecule has 11 heteroatoms. The second-order valence-electron chi connectivity index (χ2n) is 8.97. The second kappa shape index (κ2) is 11.3. The topological polar surface area (TPSA) is 105 Å². The highest BCUT2D eigenvalue weighted by atomic mass is 35.5. The van der Waals surface area contributed by atoms with Crippen LogP contribution in [0, 0.1) is 19.7 Å². The number of rotatable bonds is 7. The van der Waals surface area contributed by atoms with Gasteiger partial charge in [0, 0.05) is 35.4 Å². The van der Waals surface area contributed by atoms with E-state index in [4.69, 9.17) is 25.8 Å². The normalized spacial score (nSPS) is 10.9. The van der Waals surface area contributed by atoms with Crippen molar-refractivity contribution in [2.75, 3.05) is 19.5 Å². The van der Waals surface area contributed by atoms with Crippen molar-refractivity contribution < 1.29 is 23.4 Å². The molecular formula is C30H24ClFN4O5. The maximum atomic E-state index is 13.5. The van der Waals surface area contributed by atoms with Crippen LogP contribution < -0.4 is 25.1 Å². The third kappa shape index (κ3) is 5.29. The lowest BCUT2D eigenvalue weighted by atomic mass is 10.1. The predicted octanol–water partition coefficient (Wildman–Crippen LogP) is 6.25. The van der Waals surface area contributed by atoms with Crippen molar-refractivity contribution in [2.24, 2.45) is 0 Å². The minimum Gasteiger partial charge on any atom is -0.491 e. The van der Waals surface area contributed by atoms with Gasteiger partial charge in [0.05, 0.1) is 24.8 Å². The molecule has 9 nitrogen and oxygen atoms in total. The van der Waals surface area contributed by atoms with Crippen LogP contribution in [-0.4, -0.2) is 34.7 Å². The summed E-state index contributed by atoms with van der Waals surface area (Å²) >= 11 is 6.51. The molecule has 3 aromatic heterocycles. The summed E-state index contributed by atoms with van der Waals surface area (Å²) in [5, 5.41) is 3.00. The Labute approximate surface area is 239 Å². The Morgan fingerprint density at radius 1 is 0.976 bits per heavy atom. The van der Waals surface area contributed by atoms with Crippen LogP contribution in [0.15, 0.2) is 71.7 Å². The standard InChI is InChI=1S/C30H24ClFN4O5/c1-16-25(30(38)36(17(2)26(16)31)20-9-5-18(32)6-10-20)28(37)34-19-7-11-21(12-8-19)41-23-13-14-33-22-15-24(39-3)29(40-4)35-27(22)23/h5-15H,1-4H3,(H,34,37). The summed E-state index contributed by atoms with van der Waals surface area (Å²) in [5.41, 5.74) is 1.94. The van der Waals surface area contributed by atoms with E-state index < -0.39 is 17.3 Å². The summed E-state index contributed by atoms with van der Waals surface area (Å²) in [7, 11) is 3.01. The van der Waals surface area contributed by atoms with Crippen LogP contribution in [0.5, 0.6) is 23.1 Å². The number of hydrogen-bond acceptors (Lipinski definition) is 7. The Morgan fingerprint density at radius 3 is 2.34 bits per heavy atom. The van der Waals surface area contributed by atoms with Crippen LogP contribution in [0.4, 0.5) is 10.1 Å². The van der Waals surface area contributed by atoms with Gasteiger partial charge in [-0.2, -0.15) is 0 Å². The summed E-state index contributed by atoms with van der Waals surface area (Å²) in [6, 6.07) is 15.3. The zero-order valence-electron chi connectivity index (χ0n) is 22.5. The lowest BCUT2D eigenvalue weighted by Gasteiger charge is -2.17. The van der Waals surface area contributed by atoms with E-state index in [9.17, 15) is 14.0 Å². The number of methoxy groups -OCH3 is 2. The second-order valence-corrected chi connectivity index (χ2v) is 9.35. The molecule has 0 aliphatic heterocycles. The first-order valence-electron chi connectivity index (χ1n) is 12.4. The van der Waals surface area contributed by atoms with Crippen molar-refractivity contribution in [3.63, 3.8) is 0 Å². The van der Waals surface area contributed by atoms with Crippen molar-refractivity contribution in [1.82, 2.24) is 14.5 Å². The molecule has 3 heterocycles. The first-order chi connectivity index (χ1) is 19.7.